The zero-order chi connectivity index (χ0) is 96.7. The average molecular weight is 1860 g/mol. The molecule has 32 nitrogen and oxygen atoms in total. The Kier molecular flexibility index (Phi) is 62.1. The molecule has 0 aliphatic carbocycles. The van der Waals surface area contributed by atoms with Crippen molar-refractivity contribution in [3.05, 3.63) is 95.1 Å². The summed E-state index contributed by atoms with van der Waals surface area (Å²) in [5.74, 6) is -7.05. The fourth-order valence-electron chi connectivity index (χ4n) is 14.6. The minimum atomic E-state index is -1.66. The normalized spacial score (nSPS) is 12.2. The van der Waals surface area contributed by atoms with Crippen LogP contribution in [-0.4, -0.2) is 149 Å². The number of para-hydroxylation sites is 4. The molecule has 0 aliphatic rings. The molecular formula is C101H155N13O19. The highest BCUT2D eigenvalue weighted by atomic mass is 16.6. The second-order valence-corrected chi connectivity index (χ2v) is 33.5. The van der Waals surface area contributed by atoms with Crippen LogP contribution in [0.25, 0.3) is 0 Å². The lowest BCUT2D eigenvalue weighted by Gasteiger charge is -2.24. The predicted molar refractivity (Wildman–Crippen MR) is 519 cm³/mol. The Morgan fingerprint density at radius 1 is 0.286 bits per heavy atom. The number of unbranched alkanes of at least 4 members (excludes halogenated alkanes) is 33. The van der Waals surface area contributed by atoms with E-state index in [0.717, 1.165) is 103 Å². The van der Waals surface area contributed by atoms with Gasteiger partial charge in [0.15, 0.2) is 46.0 Å². The molecule has 0 bridgehead atoms. The van der Waals surface area contributed by atoms with Gasteiger partial charge in [-0.05, 0) is 113 Å². The molecule has 7 amide bonds. The lowest BCUT2D eigenvalue weighted by molar-refractivity contribution is -0.135. The Labute approximate surface area is 788 Å². The van der Waals surface area contributed by atoms with Crippen molar-refractivity contribution in [2.24, 2.45) is 31.9 Å². The molecule has 738 valence electrons. The number of nitrogens with zero attached hydrogens (tertiary/aromatic N) is 4. The number of benzene rings is 4. The van der Waals surface area contributed by atoms with Crippen LogP contribution in [0.5, 0.6) is 46.0 Å². The van der Waals surface area contributed by atoms with E-state index in [2.05, 4.69) is 85.8 Å². The number of amides is 7. The Bertz CT molecular complexity index is 4220. The van der Waals surface area contributed by atoms with Crippen molar-refractivity contribution in [1.29, 1.82) is 0 Å². The summed E-state index contributed by atoms with van der Waals surface area (Å²) in [7, 11) is 5.64. The van der Waals surface area contributed by atoms with E-state index in [-0.39, 0.29) is 94.8 Å². The van der Waals surface area contributed by atoms with Crippen molar-refractivity contribution < 1.29 is 90.6 Å². The van der Waals surface area contributed by atoms with Crippen LogP contribution < -0.4 is 87.0 Å². The van der Waals surface area contributed by atoms with Crippen molar-refractivity contribution in [1.82, 2.24) is 37.7 Å². The number of ether oxygens (including phenoxy) is 8. The number of methoxy groups -OCH3 is 4. The van der Waals surface area contributed by atoms with Crippen LogP contribution in [0.2, 0.25) is 0 Å². The lowest BCUT2D eigenvalue weighted by Crippen LogP contribution is -2.56. The largest absolute Gasteiger partial charge is 0.493 e. The third-order valence-corrected chi connectivity index (χ3v) is 22.5. The highest BCUT2D eigenvalue weighted by Gasteiger charge is 2.31. The van der Waals surface area contributed by atoms with Gasteiger partial charge >= 0.3 is 23.9 Å². The first-order valence-electron chi connectivity index (χ1n) is 48.8. The van der Waals surface area contributed by atoms with Gasteiger partial charge < -0.3 is 65.3 Å². The number of nitrogens with two attached hydrogens (primary N) is 2. The van der Waals surface area contributed by atoms with Crippen LogP contribution in [0.1, 0.15) is 365 Å². The first kappa shape index (κ1) is 114. The van der Waals surface area contributed by atoms with E-state index < -0.39 is 128 Å². The van der Waals surface area contributed by atoms with E-state index in [4.69, 9.17) is 49.4 Å². The lowest BCUT2D eigenvalue weighted by atomic mass is 10.0. The maximum atomic E-state index is 15.0. The van der Waals surface area contributed by atoms with E-state index in [1.807, 2.05) is 0 Å². The molecule has 32 heteroatoms. The summed E-state index contributed by atoms with van der Waals surface area (Å²) in [5, 5.41) is 24.6. The van der Waals surface area contributed by atoms with Gasteiger partial charge in [0, 0.05) is 67.2 Å². The van der Waals surface area contributed by atoms with Crippen LogP contribution in [0, 0.1) is 0 Å². The second kappa shape index (κ2) is 72.4. The van der Waals surface area contributed by atoms with Gasteiger partial charge in [-0.15, -0.1) is 0 Å². The molecule has 4 rings (SSSR count). The van der Waals surface area contributed by atoms with Crippen molar-refractivity contribution in [2.45, 2.75) is 366 Å². The van der Waals surface area contributed by atoms with Crippen LogP contribution in [0.15, 0.2) is 93.2 Å². The molecule has 0 saturated heterocycles. The summed E-state index contributed by atoms with van der Waals surface area (Å²) in [4.78, 5) is 154. The molecule has 4 aromatic carbocycles. The average Bonchev–Trinajstić information content (AvgIpc) is 0.850. The molecule has 0 saturated carbocycles. The van der Waals surface area contributed by atoms with Gasteiger partial charge in [-0.25, -0.2) is 21.7 Å². The zero-order valence-electron chi connectivity index (χ0n) is 80.6. The van der Waals surface area contributed by atoms with E-state index in [9.17, 15) is 47.9 Å². The van der Waals surface area contributed by atoms with Gasteiger partial charge in [0.25, 0.3) is 11.8 Å². The second-order valence-electron chi connectivity index (χ2n) is 33.5. The van der Waals surface area contributed by atoms with E-state index in [1.165, 1.54) is 156 Å². The first-order chi connectivity index (χ1) is 64.7. The predicted octanol–water partition coefficient (Wildman–Crippen LogP) is 17.2. The Morgan fingerprint density at radius 2 is 0.534 bits per heavy atom. The number of rotatable bonds is 76. The van der Waals surface area contributed by atoms with Gasteiger partial charge in [0.1, 0.15) is 18.1 Å². The molecule has 0 heterocycles. The third kappa shape index (κ3) is 50.0. The summed E-state index contributed by atoms with van der Waals surface area (Å²) in [6.45, 7) is 9.02. The minimum absolute atomic E-state index is 0.0221. The van der Waals surface area contributed by atoms with Crippen LogP contribution in [-0.2, 0) is 52.7 Å². The monoisotopic (exact) mass is 1850 g/mol. The summed E-state index contributed by atoms with van der Waals surface area (Å²) in [6.07, 6.45) is 41.5. The molecule has 11 N–H and O–H groups in total. The maximum Gasteiger partial charge on any atom is 0.311 e. The molecule has 0 aliphatic heterocycles. The molecule has 4 atom stereocenters. The highest BCUT2D eigenvalue weighted by Crippen LogP contribution is 2.35. The third-order valence-electron chi connectivity index (χ3n) is 22.5. The van der Waals surface area contributed by atoms with Gasteiger partial charge in [0.05, 0.1) is 59.3 Å². The Balaban J connectivity index is 1.69. The molecular weight excluding hydrogens is 1700 g/mol. The van der Waals surface area contributed by atoms with Crippen LogP contribution in [0.4, 0.5) is 0 Å². The maximum absolute atomic E-state index is 15.0. The Hall–Kier alpha value is -11.2. The standard InChI is InChI=1S/C101H155N13O19/c1-9-13-17-21-25-29-33-37-41-60-90(118)130-94-75(51-47-56-83(94)126-5)71-104-111-88(116)68-65-81(100(124)113-106-73-77-53-49-58-85(128-7)96(77)132-92(120)62-43-39-35-31-27-23-19-15-11-3)108-87(115)67-64-80(109-98(122)79(103)55-45-46-70-102)99(123)110-82(101(125)114-107-74-78-54-50-59-86(129-8)97(78)133-93(121)63-44-40-36-32-28-24-20-16-12-4)66-69-89(117)112-105-72-76-52-48-57-84(127-6)95(76)131-91(119)61-42-38-34-30-26-22-18-14-10-2/h47-54,56-59,71-74,79-82H,9-46,55,60-70,102-103H2,1-8H3,(H,108,115)(H,109,122)(H,110,123)(H,111,116)(H,112,117)(H,113,124)(H,114,125)/b104-71+,105-72+,106-73+,107-74+/t79-,80-,81-,82-/m0/s1. The molecule has 0 radical (unpaired) electrons. The van der Waals surface area contributed by atoms with Crippen molar-refractivity contribution in [2.75, 3.05) is 35.0 Å². The van der Waals surface area contributed by atoms with Crippen LogP contribution in [0.3, 0.4) is 0 Å². The van der Waals surface area contributed by atoms with E-state index in [0.29, 0.717) is 50.6 Å². The van der Waals surface area contributed by atoms with E-state index >= 15 is 4.79 Å². The number of hydrogen-bond donors (Lipinski definition) is 9. The summed E-state index contributed by atoms with van der Waals surface area (Å²) in [5.41, 5.74) is 22.9. The quantitative estimate of drug-likeness (QED) is 0.00652. The van der Waals surface area contributed by atoms with Gasteiger partial charge in [-0.1, -0.05) is 264 Å². The fraction of sp³-hybridized carbons (Fsp3) is 0.614. The van der Waals surface area contributed by atoms with Crippen molar-refractivity contribution >= 4 is 90.1 Å². The Morgan fingerprint density at radius 3 is 0.812 bits per heavy atom. The highest BCUT2D eigenvalue weighted by molar-refractivity contribution is 5.96. The molecule has 0 unspecified atom stereocenters. The zero-order valence-corrected chi connectivity index (χ0v) is 80.6. The number of esters is 4. The minimum Gasteiger partial charge on any atom is -0.493 e. The summed E-state index contributed by atoms with van der Waals surface area (Å²) >= 11 is 0. The number of nitrogens with one attached hydrogen (secondary N) is 7. The fourth-order valence-corrected chi connectivity index (χ4v) is 14.6. The molecule has 133 heavy (non-hydrogen) atoms. The van der Waals surface area contributed by atoms with Crippen molar-refractivity contribution in [3.8, 4) is 46.0 Å². The number of hydrogen-bond acceptors (Lipinski definition) is 25. The van der Waals surface area contributed by atoms with Gasteiger partial charge in [-0.2, -0.15) is 20.4 Å². The van der Waals surface area contributed by atoms with E-state index in [1.54, 1.807) is 72.8 Å². The van der Waals surface area contributed by atoms with Gasteiger partial charge in [0.2, 0.25) is 29.5 Å². The van der Waals surface area contributed by atoms with Crippen LogP contribution >= 0.6 is 0 Å². The SMILES string of the molecule is CCCCCCCCCCCC(=O)Oc1c(/C=N/NC(=O)CC[C@H](NC(=O)CC[C@H](NC(=O)[C@@H](N)CCCCN)C(=O)N[C@@H](CCC(=O)N/N=C/c2cccc(OC)c2OC(=O)CCCCCCCCCCC)C(=O)N/N=C/c2cccc(OC)c2OC(=O)CCCCCCCCCCC)C(=O)N/N=C/c2cccc(OC)c2OC(=O)CCCCCCCCCCC)cccc1OC. The number of hydrazone groups is 4. The van der Waals surface area contributed by atoms with Crippen molar-refractivity contribution in [3.63, 3.8) is 0 Å². The molecule has 4 aromatic rings. The topological polar surface area (TPSA) is 447 Å². The summed E-state index contributed by atoms with van der Waals surface area (Å²) < 4.78 is 45.6. The molecule has 0 fully saturated rings. The molecule has 0 aromatic heterocycles. The molecule has 0 spiro atoms. The number of carbonyl (C=O) groups excluding carboxylic acids is 11. The first-order valence-corrected chi connectivity index (χ1v) is 48.8. The van der Waals surface area contributed by atoms with Gasteiger partial charge in [-0.3, -0.25) is 52.7 Å². The smallest absolute Gasteiger partial charge is 0.311 e. The number of carbonyl (C=O) groups is 11. The summed E-state index contributed by atoms with van der Waals surface area (Å²) in [6, 6.07) is 13.2.